The molecule has 0 saturated carbocycles. The lowest BCUT2D eigenvalue weighted by Gasteiger charge is -2.10. The van der Waals surface area contributed by atoms with Gasteiger partial charge in [0.2, 0.25) is 0 Å². The topological polar surface area (TPSA) is 68.2 Å². The molecule has 1 aliphatic heterocycles. The second kappa shape index (κ2) is 7.81. The zero-order valence-corrected chi connectivity index (χ0v) is 14.9. The van der Waals surface area contributed by atoms with Gasteiger partial charge in [0.15, 0.2) is 5.16 Å². The van der Waals surface area contributed by atoms with Gasteiger partial charge in [-0.25, -0.2) is 9.78 Å². The number of nitrogens with zero attached hydrogens (tertiary/aromatic N) is 2. The molecular weight excluding hydrogens is 348 g/mol. The predicted molar refractivity (Wildman–Crippen MR) is 96.0 cm³/mol. The number of halogens is 1. The molecule has 0 aliphatic carbocycles. The lowest BCUT2D eigenvalue weighted by Crippen LogP contribution is -2.28. The maximum absolute atomic E-state index is 12.0. The third-order valence-corrected chi connectivity index (χ3v) is 4.70. The minimum absolute atomic E-state index is 0.297. The van der Waals surface area contributed by atoms with Crippen LogP contribution in [0.1, 0.15) is 19.0 Å². The van der Waals surface area contributed by atoms with Crippen molar-refractivity contribution in [2.24, 2.45) is 0 Å². The third kappa shape index (κ3) is 4.15. The average Bonchev–Trinajstić information content (AvgIpc) is 3.13. The Labute approximate surface area is 149 Å². The van der Waals surface area contributed by atoms with Crippen molar-refractivity contribution >= 4 is 35.1 Å². The van der Waals surface area contributed by atoms with Gasteiger partial charge in [-0.2, -0.15) is 0 Å². The molecular formula is C16H19ClN4O2S. The number of imidazole rings is 1. The van der Waals surface area contributed by atoms with Gasteiger partial charge in [0.05, 0.1) is 23.9 Å². The van der Waals surface area contributed by atoms with Crippen LogP contribution in [0, 0.1) is 0 Å². The summed E-state index contributed by atoms with van der Waals surface area (Å²) in [6, 6.07) is 4.89. The van der Waals surface area contributed by atoms with E-state index in [9.17, 15) is 4.79 Å². The lowest BCUT2D eigenvalue weighted by molar-refractivity contribution is 0.251. The number of ether oxygens (including phenoxy) is 1. The first-order valence-corrected chi connectivity index (χ1v) is 9.18. The molecule has 2 N–H and O–H groups in total. The summed E-state index contributed by atoms with van der Waals surface area (Å²) < 4.78 is 7.61. The van der Waals surface area contributed by atoms with Crippen LogP contribution in [0.5, 0.6) is 5.75 Å². The molecule has 1 aliphatic rings. The number of hydrogen-bond acceptors (Lipinski definition) is 4. The van der Waals surface area contributed by atoms with Crippen LogP contribution >= 0.6 is 23.4 Å². The Morgan fingerprint density at radius 3 is 3.12 bits per heavy atom. The van der Waals surface area contributed by atoms with Crippen LogP contribution < -0.4 is 15.4 Å². The van der Waals surface area contributed by atoms with Crippen molar-refractivity contribution in [2.75, 3.05) is 17.7 Å². The molecule has 24 heavy (non-hydrogen) atoms. The molecule has 0 radical (unpaired) electrons. The minimum atomic E-state index is -0.297. The fourth-order valence-corrected chi connectivity index (χ4v) is 3.50. The SMILES string of the molecule is CCCOc1ccc(NC(=O)NCc2cn3c(n2)SCC3)cc1Cl. The van der Waals surface area contributed by atoms with Crippen LogP contribution in [0.3, 0.4) is 0 Å². The van der Waals surface area contributed by atoms with Gasteiger partial charge < -0.3 is 19.9 Å². The van der Waals surface area contributed by atoms with Crippen molar-refractivity contribution < 1.29 is 9.53 Å². The molecule has 0 saturated heterocycles. The van der Waals surface area contributed by atoms with Gasteiger partial charge in [0, 0.05) is 24.2 Å². The number of aromatic nitrogens is 2. The van der Waals surface area contributed by atoms with Gasteiger partial charge in [-0.15, -0.1) is 0 Å². The monoisotopic (exact) mass is 366 g/mol. The van der Waals surface area contributed by atoms with E-state index in [0.717, 1.165) is 29.6 Å². The average molecular weight is 367 g/mol. The highest BCUT2D eigenvalue weighted by molar-refractivity contribution is 7.99. The Hall–Kier alpha value is -1.86. The normalized spacial score (nSPS) is 12.8. The molecule has 128 valence electrons. The fraction of sp³-hybridized carbons (Fsp3) is 0.375. The number of thioether (sulfide) groups is 1. The molecule has 2 aromatic rings. The van der Waals surface area contributed by atoms with Crippen LogP contribution in [0.4, 0.5) is 10.5 Å². The second-order valence-corrected chi connectivity index (χ2v) is 6.83. The van der Waals surface area contributed by atoms with Gasteiger partial charge in [-0.1, -0.05) is 30.3 Å². The molecule has 6 nitrogen and oxygen atoms in total. The number of hydrogen-bond donors (Lipinski definition) is 2. The van der Waals surface area contributed by atoms with E-state index in [4.69, 9.17) is 16.3 Å². The molecule has 3 rings (SSSR count). The fourth-order valence-electron chi connectivity index (χ4n) is 2.30. The van der Waals surface area contributed by atoms with Gasteiger partial charge in [0.25, 0.3) is 0 Å². The Bertz CT molecular complexity index is 713. The van der Waals surface area contributed by atoms with Gasteiger partial charge in [-0.05, 0) is 24.6 Å². The van der Waals surface area contributed by atoms with Crippen molar-refractivity contribution in [3.8, 4) is 5.75 Å². The number of benzene rings is 1. The Balaban J connectivity index is 1.51. The van der Waals surface area contributed by atoms with Crippen LogP contribution in [0.25, 0.3) is 0 Å². The largest absolute Gasteiger partial charge is 0.492 e. The Kier molecular flexibility index (Phi) is 5.52. The number of nitrogens with one attached hydrogen (secondary N) is 2. The summed E-state index contributed by atoms with van der Waals surface area (Å²) >= 11 is 7.88. The van der Waals surface area contributed by atoms with E-state index in [0.29, 0.717) is 29.6 Å². The molecule has 0 unspecified atom stereocenters. The van der Waals surface area contributed by atoms with E-state index in [1.54, 1.807) is 30.0 Å². The molecule has 8 heteroatoms. The van der Waals surface area contributed by atoms with Crippen molar-refractivity contribution in [2.45, 2.75) is 31.6 Å². The van der Waals surface area contributed by atoms with Crippen LogP contribution in [-0.2, 0) is 13.1 Å². The number of anilines is 1. The highest BCUT2D eigenvalue weighted by atomic mass is 35.5. The Morgan fingerprint density at radius 2 is 2.38 bits per heavy atom. The highest BCUT2D eigenvalue weighted by Crippen LogP contribution is 2.28. The van der Waals surface area contributed by atoms with E-state index >= 15 is 0 Å². The summed E-state index contributed by atoms with van der Waals surface area (Å²) in [5.74, 6) is 1.68. The van der Waals surface area contributed by atoms with Crippen molar-refractivity contribution in [3.63, 3.8) is 0 Å². The van der Waals surface area contributed by atoms with Gasteiger partial charge >= 0.3 is 6.03 Å². The lowest BCUT2D eigenvalue weighted by atomic mass is 10.3. The maximum atomic E-state index is 12.0. The second-order valence-electron chi connectivity index (χ2n) is 5.36. The number of carbonyl (C=O) groups excluding carboxylic acids is 1. The first-order valence-electron chi connectivity index (χ1n) is 7.81. The molecule has 2 heterocycles. The summed E-state index contributed by atoms with van der Waals surface area (Å²) in [5.41, 5.74) is 1.47. The maximum Gasteiger partial charge on any atom is 0.319 e. The van der Waals surface area contributed by atoms with Crippen LogP contribution in [0.15, 0.2) is 29.6 Å². The minimum Gasteiger partial charge on any atom is -0.492 e. The third-order valence-electron chi connectivity index (χ3n) is 3.43. The summed E-state index contributed by atoms with van der Waals surface area (Å²) in [6.45, 7) is 4.00. The standard InChI is InChI=1S/C16H19ClN4O2S/c1-2-6-23-14-4-3-11(8-13(14)17)19-15(22)18-9-12-10-21-5-7-24-16(21)20-12/h3-4,8,10H,2,5-7,9H2,1H3,(H2,18,19,22). The number of carbonyl (C=O) groups is 1. The summed E-state index contributed by atoms with van der Waals surface area (Å²) in [5, 5.41) is 7.04. The highest BCUT2D eigenvalue weighted by Gasteiger charge is 2.14. The molecule has 1 aromatic heterocycles. The van der Waals surface area contributed by atoms with Crippen molar-refractivity contribution in [1.29, 1.82) is 0 Å². The van der Waals surface area contributed by atoms with Crippen molar-refractivity contribution in [3.05, 3.63) is 35.1 Å². The smallest absolute Gasteiger partial charge is 0.319 e. The first kappa shape index (κ1) is 17.0. The van der Waals surface area contributed by atoms with E-state index < -0.39 is 0 Å². The van der Waals surface area contributed by atoms with Crippen LogP contribution in [-0.4, -0.2) is 27.9 Å². The van der Waals surface area contributed by atoms with E-state index in [-0.39, 0.29) is 6.03 Å². The van der Waals surface area contributed by atoms with E-state index in [1.165, 1.54) is 0 Å². The predicted octanol–water partition coefficient (Wildman–Crippen LogP) is 3.75. The molecule has 2 amide bonds. The number of rotatable bonds is 6. The van der Waals surface area contributed by atoms with Gasteiger partial charge in [-0.3, -0.25) is 0 Å². The van der Waals surface area contributed by atoms with E-state index in [2.05, 4.69) is 20.2 Å². The first-order chi connectivity index (χ1) is 11.7. The zero-order chi connectivity index (χ0) is 16.9. The number of fused-ring (bicyclic) bond motifs is 1. The zero-order valence-electron chi connectivity index (χ0n) is 13.3. The van der Waals surface area contributed by atoms with Crippen molar-refractivity contribution in [1.82, 2.24) is 14.9 Å². The van der Waals surface area contributed by atoms with Gasteiger partial charge in [0.1, 0.15) is 5.75 Å². The molecule has 0 atom stereocenters. The molecule has 0 bridgehead atoms. The number of amides is 2. The number of urea groups is 1. The molecule has 0 spiro atoms. The summed E-state index contributed by atoms with van der Waals surface area (Å²) in [4.78, 5) is 16.5. The van der Waals surface area contributed by atoms with Crippen LogP contribution in [0.2, 0.25) is 5.02 Å². The molecule has 1 aromatic carbocycles. The Morgan fingerprint density at radius 1 is 1.50 bits per heavy atom. The summed E-state index contributed by atoms with van der Waals surface area (Å²) in [6.07, 6.45) is 2.89. The quantitative estimate of drug-likeness (QED) is 0.816. The summed E-state index contributed by atoms with van der Waals surface area (Å²) in [7, 11) is 0. The number of aryl methyl sites for hydroxylation is 1. The molecule has 0 fully saturated rings. The van der Waals surface area contributed by atoms with E-state index in [1.807, 2.05) is 13.1 Å².